The summed E-state index contributed by atoms with van der Waals surface area (Å²) < 4.78 is 5.48. The first kappa shape index (κ1) is 11.0. The molecule has 1 aliphatic rings. The number of hydrogen-bond donors (Lipinski definition) is 1. The second-order valence-electron chi connectivity index (χ2n) is 3.18. The highest BCUT2D eigenvalue weighted by atomic mass is 16.5. The third kappa shape index (κ3) is 3.77. The van der Waals surface area contributed by atoms with Crippen LogP contribution in [0.1, 0.15) is 6.92 Å². The Kier molecular flexibility index (Phi) is 5.05. The second kappa shape index (κ2) is 6.41. The summed E-state index contributed by atoms with van der Waals surface area (Å²) in [5.74, 6) is 5.89. The Bertz CT molecular complexity index is 232. The number of nitrogens with one attached hydrogen (secondary N) is 1. The molecule has 1 fully saturated rings. The molecule has 4 heteroatoms. The number of carbonyl (C=O) groups is 1. The van der Waals surface area contributed by atoms with Crippen LogP contribution in [-0.2, 0) is 9.53 Å². The highest BCUT2D eigenvalue weighted by molar-refractivity contribution is 5.45. The van der Waals surface area contributed by atoms with E-state index < -0.39 is 0 Å². The minimum atomic E-state index is 0.104. The fourth-order valence-electron chi connectivity index (χ4n) is 1.42. The molecule has 0 aromatic carbocycles. The van der Waals surface area contributed by atoms with Gasteiger partial charge in [-0.05, 0) is 6.92 Å². The summed E-state index contributed by atoms with van der Waals surface area (Å²) in [5, 5.41) is 2.63. The molecule has 1 saturated heterocycles. The number of ether oxygens (including phenoxy) is 1. The van der Waals surface area contributed by atoms with Gasteiger partial charge >= 0.3 is 0 Å². The summed E-state index contributed by atoms with van der Waals surface area (Å²) in [6.45, 7) is 5.70. The van der Waals surface area contributed by atoms with Gasteiger partial charge in [0.1, 0.15) is 0 Å². The third-order valence-corrected chi connectivity index (χ3v) is 2.13. The van der Waals surface area contributed by atoms with Crippen molar-refractivity contribution >= 4 is 6.41 Å². The minimum absolute atomic E-state index is 0.104. The fraction of sp³-hybridized carbons (Fsp3) is 0.700. The number of nitrogens with zero attached hydrogens (tertiary/aromatic N) is 1. The zero-order valence-corrected chi connectivity index (χ0v) is 8.45. The van der Waals surface area contributed by atoms with E-state index in [1.54, 1.807) is 0 Å². The van der Waals surface area contributed by atoms with Gasteiger partial charge in [0.05, 0.1) is 19.3 Å². The molecule has 78 valence electrons. The Morgan fingerprint density at radius 1 is 1.71 bits per heavy atom. The monoisotopic (exact) mass is 196 g/mol. The molecule has 0 saturated carbocycles. The van der Waals surface area contributed by atoms with Gasteiger partial charge in [-0.1, -0.05) is 5.92 Å². The highest BCUT2D eigenvalue weighted by Gasteiger charge is 2.18. The maximum absolute atomic E-state index is 10.1. The van der Waals surface area contributed by atoms with Crippen LogP contribution in [0.4, 0.5) is 0 Å². The van der Waals surface area contributed by atoms with Crippen molar-refractivity contribution in [3.05, 3.63) is 0 Å². The molecule has 1 rings (SSSR count). The first-order valence-electron chi connectivity index (χ1n) is 4.77. The molecule has 1 aliphatic heterocycles. The van der Waals surface area contributed by atoms with Crippen LogP contribution >= 0.6 is 0 Å². The molecule has 0 spiro atoms. The summed E-state index contributed by atoms with van der Waals surface area (Å²) in [6, 6.07) is 0. The lowest BCUT2D eigenvalue weighted by molar-refractivity contribution is -0.110. The van der Waals surface area contributed by atoms with Crippen molar-refractivity contribution < 1.29 is 9.53 Å². The number of rotatable bonds is 4. The smallest absolute Gasteiger partial charge is 0.207 e. The van der Waals surface area contributed by atoms with E-state index in [4.69, 9.17) is 4.74 Å². The predicted octanol–water partition coefficient (Wildman–Crippen LogP) is -0.543. The predicted molar refractivity (Wildman–Crippen MR) is 53.7 cm³/mol. The molecule has 14 heavy (non-hydrogen) atoms. The summed E-state index contributed by atoms with van der Waals surface area (Å²) in [6.07, 6.45) is 0.807. The van der Waals surface area contributed by atoms with Crippen LogP contribution in [0.2, 0.25) is 0 Å². The maximum atomic E-state index is 10.1. The Morgan fingerprint density at radius 3 is 3.29 bits per heavy atom. The third-order valence-electron chi connectivity index (χ3n) is 2.13. The molecule has 4 nitrogen and oxygen atoms in total. The summed E-state index contributed by atoms with van der Waals surface area (Å²) in [5.41, 5.74) is 0. The Hall–Kier alpha value is -1.05. The summed E-state index contributed by atoms with van der Waals surface area (Å²) >= 11 is 0. The molecule has 0 aliphatic carbocycles. The molecule has 1 N–H and O–H groups in total. The van der Waals surface area contributed by atoms with Crippen molar-refractivity contribution in [1.29, 1.82) is 0 Å². The van der Waals surface area contributed by atoms with Gasteiger partial charge in [-0.2, -0.15) is 0 Å². The lowest BCUT2D eigenvalue weighted by Gasteiger charge is -2.31. The molecule has 0 radical (unpaired) electrons. The quantitative estimate of drug-likeness (QED) is 0.485. The van der Waals surface area contributed by atoms with Gasteiger partial charge in [0.2, 0.25) is 6.41 Å². The molecule has 0 aromatic rings. The maximum Gasteiger partial charge on any atom is 0.207 e. The van der Waals surface area contributed by atoms with Crippen LogP contribution in [0.25, 0.3) is 0 Å². The van der Waals surface area contributed by atoms with E-state index in [1.165, 1.54) is 0 Å². The molecular weight excluding hydrogens is 180 g/mol. The fourth-order valence-corrected chi connectivity index (χ4v) is 1.42. The van der Waals surface area contributed by atoms with Crippen molar-refractivity contribution in [2.75, 3.05) is 32.8 Å². The van der Waals surface area contributed by atoms with Gasteiger partial charge in [0, 0.05) is 19.6 Å². The Balaban J connectivity index is 2.26. The molecule has 0 aromatic heterocycles. The molecule has 1 amide bonds. The van der Waals surface area contributed by atoms with Crippen molar-refractivity contribution in [2.24, 2.45) is 0 Å². The standard InChI is InChI=1S/C10H16N2O2/c1-2-3-4-12-5-6-14-10(8-12)7-11-9-13/h9-10H,4-8H2,1H3,(H,11,13). The van der Waals surface area contributed by atoms with E-state index in [-0.39, 0.29) is 6.10 Å². The minimum Gasteiger partial charge on any atom is -0.374 e. The van der Waals surface area contributed by atoms with E-state index in [1.807, 2.05) is 6.92 Å². The van der Waals surface area contributed by atoms with Gasteiger partial charge in [0.15, 0.2) is 0 Å². The molecule has 1 unspecified atom stereocenters. The average Bonchev–Trinajstić information content (AvgIpc) is 2.24. The second-order valence-corrected chi connectivity index (χ2v) is 3.18. The van der Waals surface area contributed by atoms with Crippen LogP contribution in [0.3, 0.4) is 0 Å². The molecule has 1 heterocycles. The van der Waals surface area contributed by atoms with Crippen LogP contribution in [0, 0.1) is 11.8 Å². The number of amides is 1. The van der Waals surface area contributed by atoms with E-state index in [2.05, 4.69) is 22.1 Å². The van der Waals surface area contributed by atoms with Gasteiger partial charge in [-0.15, -0.1) is 5.92 Å². The first-order chi connectivity index (χ1) is 6.86. The lowest BCUT2D eigenvalue weighted by atomic mass is 10.2. The van der Waals surface area contributed by atoms with Crippen LogP contribution in [0.5, 0.6) is 0 Å². The van der Waals surface area contributed by atoms with Crippen molar-refractivity contribution in [2.45, 2.75) is 13.0 Å². The average molecular weight is 196 g/mol. The van der Waals surface area contributed by atoms with E-state index in [0.717, 1.165) is 26.2 Å². The molecular formula is C10H16N2O2. The van der Waals surface area contributed by atoms with E-state index >= 15 is 0 Å². The summed E-state index contributed by atoms with van der Waals surface area (Å²) in [7, 11) is 0. The highest BCUT2D eigenvalue weighted by Crippen LogP contribution is 2.03. The van der Waals surface area contributed by atoms with Crippen LogP contribution in [-0.4, -0.2) is 50.2 Å². The largest absolute Gasteiger partial charge is 0.374 e. The first-order valence-corrected chi connectivity index (χ1v) is 4.77. The number of morpholine rings is 1. The molecule has 0 bridgehead atoms. The van der Waals surface area contributed by atoms with Crippen molar-refractivity contribution in [3.8, 4) is 11.8 Å². The van der Waals surface area contributed by atoms with E-state index in [0.29, 0.717) is 13.0 Å². The van der Waals surface area contributed by atoms with Crippen molar-refractivity contribution in [3.63, 3.8) is 0 Å². The zero-order chi connectivity index (χ0) is 10.2. The van der Waals surface area contributed by atoms with Gasteiger partial charge < -0.3 is 10.1 Å². The van der Waals surface area contributed by atoms with Gasteiger partial charge in [-0.25, -0.2) is 0 Å². The van der Waals surface area contributed by atoms with Crippen LogP contribution in [0.15, 0.2) is 0 Å². The number of carbonyl (C=O) groups excluding carboxylic acids is 1. The molecule has 1 atom stereocenters. The van der Waals surface area contributed by atoms with Gasteiger partial charge in [-0.3, -0.25) is 9.69 Å². The lowest BCUT2D eigenvalue weighted by Crippen LogP contribution is -2.46. The summed E-state index contributed by atoms with van der Waals surface area (Å²) in [4.78, 5) is 12.3. The SMILES string of the molecule is CC#CCN1CCOC(CNC=O)C1. The van der Waals surface area contributed by atoms with Crippen molar-refractivity contribution in [1.82, 2.24) is 10.2 Å². The van der Waals surface area contributed by atoms with Crippen LogP contribution < -0.4 is 5.32 Å². The zero-order valence-electron chi connectivity index (χ0n) is 8.45. The van der Waals surface area contributed by atoms with E-state index in [9.17, 15) is 4.79 Å². The number of hydrogen-bond acceptors (Lipinski definition) is 3. The van der Waals surface area contributed by atoms with Gasteiger partial charge in [0.25, 0.3) is 0 Å². The Morgan fingerprint density at radius 2 is 2.57 bits per heavy atom. The topological polar surface area (TPSA) is 41.6 Å². The Labute approximate surface area is 84.6 Å². The normalized spacial score (nSPS) is 22.2.